The van der Waals surface area contributed by atoms with Crippen LogP contribution in [0.1, 0.15) is 19.8 Å². The van der Waals surface area contributed by atoms with E-state index in [0.29, 0.717) is 22.4 Å². The van der Waals surface area contributed by atoms with Gasteiger partial charge in [-0.05, 0) is 18.6 Å². The summed E-state index contributed by atoms with van der Waals surface area (Å²) in [5.41, 5.74) is 0.356. The molecule has 5 nitrogen and oxygen atoms in total. The largest absolute Gasteiger partial charge is 0.325 e. The highest BCUT2D eigenvalue weighted by Crippen LogP contribution is 2.32. The van der Waals surface area contributed by atoms with Crippen molar-refractivity contribution in [1.29, 1.82) is 0 Å². The maximum Gasteiger partial charge on any atom is 0.240 e. The molecule has 2 amide bonds. The molecule has 1 aromatic rings. The molecule has 1 heterocycles. The Morgan fingerprint density at radius 1 is 1.30 bits per heavy atom. The van der Waals surface area contributed by atoms with Crippen LogP contribution < -0.4 is 10.6 Å². The van der Waals surface area contributed by atoms with Crippen molar-refractivity contribution in [3.05, 3.63) is 27.2 Å². The van der Waals surface area contributed by atoms with Crippen molar-refractivity contribution in [2.24, 2.45) is 4.99 Å². The van der Waals surface area contributed by atoms with Gasteiger partial charge >= 0.3 is 0 Å². The van der Waals surface area contributed by atoms with Crippen LogP contribution in [0.3, 0.4) is 0 Å². The molecular weight excluding hydrogens is 381 g/mol. The Morgan fingerprint density at radius 3 is 2.70 bits per heavy atom. The first-order valence-electron chi connectivity index (χ1n) is 6.87. The Balaban J connectivity index is 1.98. The predicted molar refractivity (Wildman–Crippen MR) is 96.8 cm³/mol. The van der Waals surface area contributed by atoms with Crippen LogP contribution in [0.2, 0.25) is 15.1 Å². The van der Waals surface area contributed by atoms with E-state index in [-0.39, 0.29) is 28.3 Å². The molecule has 0 radical (unpaired) electrons. The topological polar surface area (TPSA) is 70.6 Å². The van der Waals surface area contributed by atoms with Crippen LogP contribution in [-0.2, 0) is 9.59 Å². The molecule has 1 aromatic carbocycles. The smallest absolute Gasteiger partial charge is 0.240 e. The Bertz CT molecular complexity index is 667. The number of halogens is 3. The van der Waals surface area contributed by atoms with E-state index in [0.717, 1.165) is 6.42 Å². The van der Waals surface area contributed by atoms with Crippen molar-refractivity contribution in [3.63, 3.8) is 0 Å². The third-order valence-corrected chi connectivity index (χ3v) is 5.06. The van der Waals surface area contributed by atoms with Crippen molar-refractivity contribution in [1.82, 2.24) is 5.32 Å². The number of benzene rings is 1. The molecule has 0 aliphatic carbocycles. The number of carbonyl (C=O) groups is 2. The fraction of sp³-hybridized carbons (Fsp3) is 0.357. The number of carbonyl (C=O) groups excluding carboxylic acids is 2. The summed E-state index contributed by atoms with van der Waals surface area (Å²) in [6.07, 6.45) is 0.902. The van der Waals surface area contributed by atoms with Gasteiger partial charge in [0.1, 0.15) is 5.25 Å². The molecule has 1 fully saturated rings. The van der Waals surface area contributed by atoms with E-state index in [1.807, 2.05) is 6.92 Å². The number of hydrogen-bond donors (Lipinski definition) is 2. The maximum atomic E-state index is 12.1. The zero-order valence-electron chi connectivity index (χ0n) is 12.2. The van der Waals surface area contributed by atoms with Crippen LogP contribution in [0.15, 0.2) is 17.1 Å². The Labute approximate surface area is 153 Å². The second-order valence-corrected chi connectivity index (χ2v) is 7.19. The summed E-state index contributed by atoms with van der Waals surface area (Å²) in [5, 5.41) is 6.22. The molecule has 23 heavy (non-hydrogen) atoms. The van der Waals surface area contributed by atoms with Crippen molar-refractivity contribution >= 4 is 69.2 Å². The first-order valence-corrected chi connectivity index (χ1v) is 8.88. The van der Waals surface area contributed by atoms with E-state index in [2.05, 4.69) is 15.6 Å². The number of aliphatic imine (C=N–C) groups is 1. The number of nitrogens with zero attached hydrogens (tertiary/aromatic N) is 1. The van der Waals surface area contributed by atoms with E-state index in [4.69, 9.17) is 34.8 Å². The van der Waals surface area contributed by atoms with Crippen LogP contribution in [0.5, 0.6) is 0 Å². The van der Waals surface area contributed by atoms with Crippen LogP contribution in [0.4, 0.5) is 5.69 Å². The summed E-state index contributed by atoms with van der Waals surface area (Å²) >= 11 is 19.0. The molecule has 1 aliphatic rings. The molecule has 2 N–H and O–H groups in total. The number of anilines is 1. The first kappa shape index (κ1) is 18.4. The Kier molecular flexibility index (Phi) is 6.59. The van der Waals surface area contributed by atoms with Crippen molar-refractivity contribution in [2.45, 2.75) is 25.0 Å². The van der Waals surface area contributed by atoms with Gasteiger partial charge in [-0.2, -0.15) is 0 Å². The summed E-state index contributed by atoms with van der Waals surface area (Å²) < 4.78 is 0. The standard InChI is InChI=1S/C14H14Cl3N3O2S/c1-2-3-18-14-20-13(22)11(23-14)6-12(21)19-10-5-8(16)7(15)4-9(10)17/h4-5,11H,2-3,6H2,1H3,(H,19,21)(H,18,20,22). The van der Waals surface area contributed by atoms with Gasteiger partial charge in [0.05, 0.1) is 20.8 Å². The maximum absolute atomic E-state index is 12.1. The molecule has 0 spiro atoms. The molecule has 124 valence electrons. The van der Waals surface area contributed by atoms with Crippen LogP contribution in [0, 0.1) is 0 Å². The van der Waals surface area contributed by atoms with Crippen molar-refractivity contribution < 1.29 is 9.59 Å². The second-order valence-electron chi connectivity index (χ2n) is 4.78. The third kappa shape index (κ3) is 5.01. The second kappa shape index (κ2) is 8.24. The Hall–Kier alpha value is -0.950. The molecule has 2 rings (SSSR count). The highest BCUT2D eigenvalue weighted by Gasteiger charge is 2.32. The van der Waals surface area contributed by atoms with Gasteiger partial charge in [-0.1, -0.05) is 53.5 Å². The molecule has 0 bridgehead atoms. The zero-order valence-corrected chi connectivity index (χ0v) is 15.2. The molecule has 1 saturated heterocycles. The van der Waals surface area contributed by atoms with Gasteiger partial charge in [-0.3, -0.25) is 14.6 Å². The summed E-state index contributed by atoms with van der Waals surface area (Å²) in [5.74, 6) is -0.560. The number of amidine groups is 1. The number of hydrogen-bond acceptors (Lipinski definition) is 4. The van der Waals surface area contributed by atoms with Crippen molar-refractivity contribution in [3.8, 4) is 0 Å². The summed E-state index contributed by atoms with van der Waals surface area (Å²) in [4.78, 5) is 28.2. The number of nitrogens with one attached hydrogen (secondary N) is 2. The molecule has 1 atom stereocenters. The summed E-state index contributed by atoms with van der Waals surface area (Å²) in [7, 11) is 0. The lowest BCUT2D eigenvalue weighted by Gasteiger charge is -2.10. The summed E-state index contributed by atoms with van der Waals surface area (Å²) in [6.45, 7) is 2.64. The van der Waals surface area contributed by atoms with Gasteiger partial charge in [-0.25, -0.2) is 0 Å². The quantitative estimate of drug-likeness (QED) is 0.742. The van der Waals surface area contributed by atoms with E-state index < -0.39 is 5.25 Å². The van der Waals surface area contributed by atoms with Gasteiger partial charge in [0.25, 0.3) is 0 Å². The van der Waals surface area contributed by atoms with Gasteiger partial charge in [-0.15, -0.1) is 0 Å². The Morgan fingerprint density at radius 2 is 2.00 bits per heavy atom. The molecule has 1 unspecified atom stereocenters. The van der Waals surface area contributed by atoms with Gasteiger partial charge in [0.2, 0.25) is 11.8 Å². The van der Waals surface area contributed by atoms with E-state index in [1.54, 1.807) is 0 Å². The monoisotopic (exact) mass is 393 g/mol. The number of thioether (sulfide) groups is 1. The molecule has 0 saturated carbocycles. The first-order chi connectivity index (χ1) is 10.9. The summed E-state index contributed by atoms with van der Waals surface area (Å²) in [6, 6.07) is 2.92. The predicted octanol–water partition coefficient (Wildman–Crippen LogP) is 3.97. The van der Waals surface area contributed by atoms with Gasteiger partial charge in [0.15, 0.2) is 5.17 Å². The zero-order chi connectivity index (χ0) is 17.0. The average Bonchev–Trinajstić information content (AvgIpc) is 2.82. The van der Waals surface area contributed by atoms with E-state index in [1.165, 1.54) is 23.9 Å². The fourth-order valence-electron chi connectivity index (χ4n) is 1.82. The number of amides is 2. The lowest BCUT2D eigenvalue weighted by atomic mass is 10.2. The van der Waals surface area contributed by atoms with Crippen LogP contribution in [0.25, 0.3) is 0 Å². The fourth-order valence-corrected chi connectivity index (χ4v) is 3.41. The molecule has 1 aliphatic heterocycles. The van der Waals surface area contributed by atoms with E-state index in [9.17, 15) is 9.59 Å². The van der Waals surface area contributed by atoms with Gasteiger partial charge < -0.3 is 10.6 Å². The third-order valence-electron chi connectivity index (χ3n) is 2.91. The lowest BCUT2D eigenvalue weighted by molar-refractivity contribution is -0.122. The SMILES string of the molecule is CCCN=C1NC(=O)C(CC(=O)Nc2cc(Cl)c(Cl)cc2Cl)S1. The molecule has 9 heteroatoms. The van der Waals surface area contributed by atoms with Crippen LogP contribution in [-0.4, -0.2) is 28.8 Å². The minimum absolute atomic E-state index is 0.0121. The lowest BCUT2D eigenvalue weighted by Crippen LogP contribution is -2.28. The molecular formula is C14H14Cl3N3O2S. The van der Waals surface area contributed by atoms with E-state index >= 15 is 0 Å². The highest BCUT2D eigenvalue weighted by molar-refractivity contribution is 8.15. The number of rotatable bonds is 5. The van der Waals surface area contributed by atoms with Crippen LogP contribution >= 0.6 is 46.6 Å². The average molecular weight is 395 g/mol. The normalized spacial score (nSPS) is 19.0. The van der Waals surface area contributed by atoms with Gasteiger partial charge in [0, 0.05) is 13.0 Å². The highest BCUT2D eigenvalue weighted by atomic mass is 35.5. The van der Waals surface area contributed by atoms with Crippen molar-refractivity contribution in [2.75, 3.05) is 11.9 Å². The minimum atomic E-state index is -0.507. The minimum Gasteiger partial charge on any atom is -0.325 e. The molecule has 0 aromatic heterocycles.